The standard InChI is InChI=1S/C15H15N7O/c23-15(16-9-13-17-20-21-18-13)14-11-7-4-8-12(11)22(19-14)10-5-2-1-3-6-10/h1-3,5-6H,4,7-9H2,(H,16,23)(H,17,18,20,21). The number of fused-ring (bicyclic) bond motifs is 1. The van der Waals surface area contributed by atoms with Gasteiger partial charge in [0, 0.05) is 11.3 Å². The molecule has 0 bridgehead atoms. The molecule has 1 aromatic carbocycles. The van der Waals surface area contributed by atoms with E-state index in [1.165, 1.54) is 0 Å². The maximum Gasteiger partial charge on any atom is 0.272 e. The van der Waals surface area contributed by atoms with E-state index in [4.69, 9.17) is 0 Å². The normalized spacial score (nSPS) is 13.0. The number of rotatable bonds is 4. The number of aromatic nitrogens is 6. The molecule has 1 aliphatic carbocycles. The number of nitrogens with zero attached hydrogens (tertiary/aromatic N) is 5. The van der Waals surface area contributed by atoms with E-state index in [1.807, 2.05) is 35.0 Å². The lowest BCUT2D eigenvalue weighted by atomic mass is 10.2. The Balaban J connectivity index is 1.63. The molecule has 116 valence electrons. The van der Waals surface area contributed by atoms with Crippen molar-refractivity contribution in [3.8, 4) is 5.69 Å². The molecule has 8 nitrogen and oxygen atoms in total. The molecule has 2 N–H and O–H groups in total. The molecule has 0 saturated heterocycles. The number of hydrogen-bond acceptors (Lipinski definition) is 5. The van der Waals surface area contributed by atoms with Gasteiger partial charge in [-0.25, -0.2) is 4.68 Å². The van der Waals surface area contributed by atoms with Gasteiger partial charge in [-0.1, -0.05) is 23.4 Å². The number of hydrogen-bond donors (Lipinski definition) is 2. The molecule has 1 amide bonds. The average Bonchev–Trinajstić information content (AvgIpc) is 3.30. The van der Waals surface area contributed by atoms with Crippen LogP contribution in [0.15, 0.2) is 30.3 Å². The van der Waals surface area contributed by atoms with Crippen LogP contribution in [0.1, 0.15) is 34.0 Å². The third-order valence-electron chi connectivity index (χ3n) is 3.94. The van der Waals surface area contributed by atoms with Crippen molar-refractivity contribution in [2.24, 2.45) is 0 Å². The van der Waals surface area contributed by atoms with Gasteiger partial charge in [0.2, 0.25) is 0 Å². The van der Waals surface area contributed by atoms with Crippen LogP contribution in [0.25, 0.3) is 5.69 Å². The molecule has 2 heterocycles. The van der Waals surface area contributed by atoms with Gasteiger partial charge in [-0.05, 0) is 31.4 Å². The lowest BCUT2D eigenvalue weighted by molar-refractivity contribution is 0.0943. The summed E-state index contributed by atoms with van der Waals surface area (Å²) in [4.78, 5) is 12.5. The van der Waals surface area contributed by atoms with E-state index in [1.54, 1.807) is 0 Å². The summed E-state index contributed by atoms with van der Waals surface area (Å²) in [7, 11) is 0. The highest BCUT2D eigenvalue weighted by Gasteiger charge is 2.26. The second-order valence-electron chi connectivity index (χ2n) is 5.39. The van der Waals surface area contributed by atoms with Crippen LogP contribution in [0.2, 0.25) is 0 Å². The van der Waals surface area contributed by atoms with Gasteiger partial charge >= 0.3 is 0 Å². The highest BCUT2D eigenvalue weighted by atomic mass is 16.2. The van der Waals surface area contributed by atoms with E-state index >= 15 is 0 Å². The van der Waals surface area contributed by atoms with Gasteiger partial charge in [0.15, 0.2) is 11.5 Å². The van der Waals surface area contributed by atoms with Crippen molar-refractivity contribution in [2.45, 2.75) is 25.8 Å². The molecule has 1 aliphatic rings. The molecule has 8 heteroatoms. The summed E-state index contributed by atoms with van der Waals surface area (Å²) in [5.74, 6) is 0.236. The van der Waals surface area contributed by atoms with Crippen LogP contribution in [0.3, 0.4) is 0 Å². The topological polar surface area (TPSA) is 101 Å². The van der Waals surface area contributed by atoms with Gasteiger partial charge in [0.1, 0.15) is 0 Å². The summed E-state index contributed by atoms with van der Waals surface area (Å²) < 4.78 is 1.88. The number of H-pyrrole nitrogens is 1. The molecular formula is C15H15N7O. The first-order valence-electron chi connectivity index (χ1n) is 7.49. The Hall–Kier alpha value is -3.03. The summed E-state index contributed by atoms with van der Waals surface area (Å²) in [6.45, 7) is 0.225. The third-order valence-corrected chi connectivity index (χ3v) is 3.94. The first kappa shape index (κ1) is 13.6. The van der Waals surface area contributed by atoms with Gasteiger partial charge in [-0.3, -0.25) is 4.79 Å². The fourth-order valence-corrected chi connectivity index (χ4v) is 2.90. The average molecular weight is 309 g/mol. The van der Waals surface area contributed by atoms with Crippen molar-refractivity contribution in [3.63, 3.8) is 0 Å². The molecule has 0 aliphatic heterocycles. The zero-order chi connectivity index (χ0) is 15.6. The molecule has 4 rings (SSSR count). The summed E-state index contributed by atoms with van der Waals surface area (Å²) in [6.07, 6.45) is 2.87. The number of benzene rings is 1. The summed E-state index contributed by atoms with van der Waals surface area (Å²) >= 11 is 0. The van der Waals surface area contributed by atoms with Gasteiger partial charge in [0.05, 0.1) is 12.2 Å². The second-order valence-corrected chi connectivity index (χ2v) is 5.39. The quantitative estimate of drug-likeness (QED) is 0.742. The van der Waals surface area contributed by atoms with Gasteiger partial charge in [-0.2, -0.15) is 10.3 Å². The first-order valence-corrected chi connectivity index (χ1v) is 7.49. The summed E-state index contributed by atoms with van der Waals surface area (Å²) in [5.41, 5.74) is 3.63. The van der Waals surface area contributed by atoms with Gasteiger partial charge < -0.3 is 5.32 Å². The van der Waals surface area contributed by atoms with Crippen molar-refractivity contribution < 1.29 is 4.79 Å². The van der Waals surface area contributed by atoms with Crippen LogP contribution >= 0.6 is 0 Å². The third kappa shape index (κ3) is 2.48. The lowest BCUT2D eigenvalue weighted by Gasteiger charge is -2.04. The van der Waals surface area contributed by atoms with Crippen LogP contribution in [-0.2, 0) is 19.4 Å². The highest BCUT2D eigenvalue weighted by molar-refractivity contribution is 5.94. The molecular weight excluding hydrogens is 294 g/mol. The van der Waals surface area contributed by atoms with E-state index in [0.717, 1.165) is 36.2 Å². The van der Waals surface area contributed by atoms with E-state index in [0.29, 0.717) is 11.5 Å². The zero-order valence-corrected chi connectivity index (χ0v) is 12.4. The molecule has 0 atom stereocenters. The van der Waals surface area contributed by atoms with E-state index in [-0.39, 0.29) is 12.5 Å². The Morgan fingerprint density at radius 1 is 1.26 bits per heavy atom. The molecule has 2 aromatic heterocycles. The summed E-state index contributed by atoms with van der Waals surface area (Å²) in [6, 6.07) is 9.88. The van der Waals surface area contributed by atoms with Crippen molar-refractivity contribution in [3.05, 3.63) is 53.1 Å². The largest absolute Gasteiger partial charge is 0.343 e. The van der Waals surface area contributed by atoms with Gasteiger partial charge in [0.25, 0.3) is 5.91 Å². The van der Waals surface area contributed by atoms with Crippen molar-refractivity contribution in [1.29, 1.82) is 0 Å². The van der Waals surface area contributed by atoms with E-state index in [9.17, 15) is 4.79 Å². The highest BCUT2D eigenvalue weighted by Crippen LogP contribution is 2.27. The minimum Gasteiger partial charge on any atom is -0.343 e. The maximum atomic E-state index is 12.5. The van der Waals surface area contributed by atoms with E-state index in [2.05, 4.69) is 31.0 Å². The Labute approximate surface area is 131 Å². The predicted molar refractivity (Wildman–Crippen MR) is 80.9 cm³/mol. The molecule has 0 unspecified atom stereocenters. The number of tetrazole rings is 1. The number of para-hydroxylation sites is 1. The molecule has 0 radical (unpaired) electrons. The number of amides is 1. The first-order chi connectivity index (χ1) is 11.3. The van der Waals surface area contributed by atoms with E-state index < -0.39 is 0 Å². The SMILES string of the molecule is O=C(NCc1nn[nH]n1)c1nn(-c2ccccc2)c2c1CCC2. The summed E-state index contributed by atoms with van der Waals surface area (Å²) in [5, 5.41) is 20.8. The van der Waals surface area contributed by atoms with Gasteiger partial charge in [-0.15, -0.1) is 10.2 Å². The fourth-order valence-electron chi connectivity index (χ4n) is 2.90. The molecule has 0 fully saturated rings. The number of aromatic amines is 1. The molecule has 23 heavy (non-hydrogen) atoms. The zero-order valence-electron chi connectivity index (χ0n) is 12.4. The Morgan fingerprint density at radius 3 is 2.91 bits per heavy atom. The molecule has 0 saturated carbocycles. The number of carbonyl (C=O) groups excluding carboxylic acids is 1. The Morgan fingerprint density at radius 2 is 2.13 bits per heavy atom. The second kappa shape index (κ2) is 5.64. The fraction of sp³-hybridized carbons (Fsp3) is 0.267. The smallest absolute Gasteiger partial charge is 0.272 e. The van der Waals surface area contributed by atoms with Crippen molar-refractivity contribution in [2.75, 3.05) is 0 Å². The number of nitrogens with one attached hydrogen (secondary N) is 2. The van der Waals surface area contributed by atoms with Crippen LogP contribution in [-0.4, -0.2) is 36.3 Å². The van der Waals surface area contributed by atoms with Crippen LogP contribution in [0.5, 0.6) is 0 Å². The van der Waals surface area contributed by atoms with Crippen LogP contribution < -0.4 is 5.32 Å². The maximum absolute atomic E-state index is 12.5. The Kier molecular flexibility index (Phi) is 3.34. The molecule has 0 spiro atoms. The predicted octanol–water partition coefficient (Wildman–Crippen LogP) is 0.804. The minimum absolute atomic E-state index is 0.206. The van der Waals surface area contributed by atoms with Crippen molar-refractivity contribution in [1.82, 2.24) is 35.7 Å². The number of carbonyl (C=O) groups is 1. The van der Waals surface area contributed by atoms with Crippen LogP contribution in [0, 0.1) is 0 Å². The minimum atomic E-state index is -0.206. The lowest BCUT2D eigenvalue weighted by Crippen LogP contribution is -2.25. The monoisotopic (exact) mass is 309 g/mol. The van der Waals surface area contributed by atoms with Crippen LogP contribution in [0.4, 0.5) is 0 Å². The molecule has 3 aromatic rings. The Bertz CT molecular complexity index is 823. The van der Waals surface area contributed by atoms with Crippen molar-refractivity contribution >= 4 is 5.91 Å².